The molecule has 2 aliphatic heterocycles. The maximum atomic E-state index is 13.7. The van der Waals surface area contributed by atoms with Gasteiger partial charge >= 0.3 is 6.18 Å². The van der Waals surface area contributed by atoms with Crippen molar-refractivity contribution in [1.82, 2.24) is 9.78 Å². The van der Waals surface area contributed by atoms with E-state index in [1.165, 1.54) is 11.0 Å². The summed E-state index contributed by atoms with van der Waals surface area (Å²) in [6.45, 7) is 0.726. The third-order valence-electron chi connectivity index (χ3n) is 6.20. The van der Waals surface area contributed by atoms with Crippen LogP contribution >= 0.6 is 0 Å². The Labute approximate surface area is 193 Å². The van der Waals surface area contributed by atoms with Gasteiger partial charge in [0.05, 0.1) is 5.69 Å². The number of fused-ring (bicyclic) bond motifs is 1. The number of rotatable bonds is 3. The Kier molecular flexibility index (Phi) is 5.30. The molecule has 7 nitrogen and oxygen atoms in total. The predicted octanol–water partition coefficient (Wildman–Crippen LogP) is 4.19. The number of nitrogens with two attached hydrogens (primary N) is 1. The van der Waals surface area contributed by atoms with Crippen LogP contribution in [-0.4, -0.2) is 34.7 Å². The average Bonchev–Trinajstić information content (AvgIpc) is 3.21. The summed E-state index contributed by atoms with van der Waals surface area (Å²) < 4.78 is 42.2. The van der Waals surface area contributed by atoms with Crippen molar-refractivity contribution in [3.8, 4) is 5.69 Å². The van der Waals surface area contributed by atoms with Gasteiger partial charge in [0.15, 0.2) is 5.69 Å². The molecule has 2 amide bonds. The minimum atomic E-state index is -4.69. The molecule has 2 aliphatic rings. The number of aromatic nitrogens is 2. The van der Waals surface area contributed by atoms with E-state index in [0.29, 0.717) is 24.3 Å². The van der Waals surface area contributed by atoms with Crippen LogP contribution in [0.25, 0.3) is 5.69 Å². The van der Waals surface area contributed by atoms with Crippen LogP contribution in [0, 0.1) is 0 Å². The highest BCUT2D eigenvalue weighted by Crippen LogP contribution is 2.37. The standard InChI is InChI=1S/C24H22F3N5O2/c25-24(26,27)22-19-11-13-31(17-9-7-16(8-10-17)30-12-2-1-6-20(30)33)23(34)21(19)32(29-22)18-5-3-4-15(28)14-18/h3-5,7-10,14H,1-2,6,11-13,28H2. The molecule has 5 rings (SSSR count). The second-order valence-corrected chi connectivity index (χ2v) is 8.41. The number of halogens is 3. The van der Waals surface area contributed by atoms with Crippen molar-refractivity contribution in [2.24, 2.45) is 0 Å². The van der Waals surface area contributed by atoms with E-state index in [0.717, 1.165) is 23.2 Å². The quantitative estimate of drug-likeness (QED) is 0.583. The molecule has 0 radical (unpaired) electrons. The van der Waals surface area contributed by atoms with Crippen molar-refractivity contribution in [1.29, 1.82) is 0 Å². The predicted molar refractivity (Wildman–Crippen MR) is 121 cm³/mol. The molecule has 10 heteroatoms. The Bertz CT molecular complexity index is 1270. The van der Waals surface area contributed by atoms with E-state index in [1.54, 1.807) is 47.4 Å². The smallest absolute Gasteiger partial charge is 0.399 e. The van der Waals surface area contributed by atoms with Crippen molar-refractivity contribution in [3.05, 3.63) is 65.5 Å². The lowest BCUT2D eigenvalue weighted by Gasteiger charge is -2.30. The van der Waals surface area contributed by atoms with Gasteiger partial charge in [-0.1, -0.05) is 6.07 Å². The summed E-state index contributed by atoms with van der Waals surface area (Å²) in [5, 5.41) is 3.78. The number of piperidine rings is 1. The van der Waals surface area contributed by atoms with E-state index >= 15 is 0 Å². The first-order valence-corrected chi connectivity index (χ1v) is 11.0. The molecule has 1 aromatic heterocycles. The fourth-order valence-corrected chi connectivity index (χ4v) is 4.57. The van der Waals surface area contributed by atoms with E-state index in [2.05, 4.69) is 5.10 Å². The summed E-state index contributed by atoms with van der Waals surface area (Å²) >= 11 is 0. The largest absolute Gasteiger partial charge is 0.435 e. The lowest BCUT2D eigenvalue weighted by atomic mass is 10.0. The van der Waals surface area contributed by atoms with E-state index in [4.69, 9.17) is 5.73 Å². The summed E-state index contributed by atoms with van der Waals surface area (Å²) in [6, 6.07) is 13.2. The highest BCUT2D eigenvalue weighted by atomic mass is 19.4. The summed E-state index contributed by atoms with van der Waals surface area (Å²) in [4.78, 5) is 28.8. The molecule has 0 unspecified atom stereocenters. The van der Waals surface area contributed by atoms with Gasteiger partial charge in [0, 0.05) is 42.1 Å². The molecule has 1 saturated heterocycles. The summed E-state index contributed by atoms with van der Waals surface area (Å²) in [5.74, 6) is -0.517. The number of hydrogen-bond acceptors (Lipinski definition) is 4. The number of nitrogens with zero attached hydrogens (tertiary/aromatic N) is 4. The molecule has 176 valence electrons. The Hall–Kier alpha value is -3.82. The van der Waals surface area contributed by atoms with E-state index in [-0.39, 0.29) is 35.8 Å². The van der Waals surface area contributed by atoms with Crippen LogP contribution in [0.4, 0.5) is 30.2 Å². The van der Waals surface area contributed by atoms with Crippen molar-refractivity contribution >= 4 is 28.9 Å². The molecule has 1 fully saturated rings. The van der Waals surface area contributed by atoms with Gasteiger partial charge < -0.3 is 15.5 Å². The highest BCUT2D eigenvalue weighted by Gasteiger charge is 2.43. The minimum absolute atomic E-state index is 0.00456. The van der Waals surface area contributed by atoms with E-state index in [9.17, 15) is 22.8 Å². The Morgan fingerprint density at radius 2 is 1.56 bits per heavy atom. The van der Waals surface area contributed by atoms with Crippen molar-refractivity contribution < 1.29 is 22.8 Å². The summed E-state index contributed by atoms with van der Waals surface area (Å²) in [5.41, 5.74) is 6.42. The fourth-order valence-electron chi connectivity index (χ4n) is 4.57. The highest BCUT2D eigenvalue weighted by molar-refractivity contribution is 6.08. The van der Waals surface area contributed by atoms with Gasteiger partial charge in [-0.15, -0.1) is 0 Å². The first-order chi connectivity index (χ1) is 16.2. The third kappa shape index (κ3) is 3.78. The van der Waals surface area contributed by atoms with Crippen LogP contribution < -0.4 is 15.5 Å². The van der Waals surface area contributed by atoms with Crippen LogP contribution in [0.15, 0.2) is 48.5 Å². The van der Waals surface area contributed by atoms with Gasteiger partial charge in [-0.25, -0.2) is 4.68 Å². The normalized spacial score (nSPS) is 16.7. The van der Waals surface area contributed by atoms with Crippen LogP contribution in [0.1, 0.15) is 41.0 Å². The van der Waals surface area contributed by atoms with E-state index < -0.39 is 17.8 Å². The van der Waals surface area contributed by atoms with E-state index in [1.807, 2.05) is 0 Å². The SMILES string of the molecule is Nc1cccc(-n2nc(C(F)(F)F)c3c2C(=O)N(c2ccc(N4CCCCC4=O)cc2)CC3)c1. The second-order valence-electron chi connectivity index (χ2n) is 8.41. The lowest BCUT2D eigenvalue weighted by molar-refractivity contribution is -0.142. The zero-order valence-corrected chi connectivity index (χ0v) is 18.2. The van der Waals surface area contributed by atoms with Gasteiger partial charge in [0.1, 0.15) is 5.69 Å². The molecular weight excluding hydrogens is 447 g/mol. The monoisotopic (exact) mass is 469 g/mol. The fraction of sp³-hybridized carbons (Fsp3) is 0.292. The molecule has 3 heterocycles. The van der Waals surface area contributed by atoms with Crippen LogP contribution in [0.2, 0.25) is 0 Å². The minimum Gasteiger partial charge on any atom is -0.399 e. The first kappa shape index (κ1) is 22.0. The van der Waals surface area contributed by atoms with Gasteiger partial charge in [-0.3, -0.25) is 9.59 Å². The molecule has 0 spiro atoms. The number of alkyl halides is 3. The Balaban J connectivity index is 1.52. The molecule has 0 aliphatic carbocycles. The maximum Gasteiger partial charge on any atom is 0.435 e. The van der Waals surface area contributed by atoms with Gasteiger partial charge in [-0.2, -0.15) is 18.3 Å². The molecule has 0 saturated carbocycles. The molecule has 34 heavy (non-hydrogen) atoms. The number of amides is 2. The molecule has 0 atom stereocenters. The van der Waals surface area contributed by atoms with Gasteiger partial charge in [0.2, 0.25) is 5.91 Å². The molecule has 0 bridgehead atoms. The molecule has 2 aromatic carbocycles. The number of anilines is 3. The average molecular weight is 469 g/mol. The number of benzene rings is 2. The number of carbonyl (C=O) groups is 2. The molecular formula is C24H22F3N5O2. The summed E-state index contributed by atoms with van der Waals surface area (Å²) in [6.07, 6.45) is -2.38. The number of carbonyl (C=O) groups excluding carboxylic acids is 2. The maximum absolute atomic E-state index is 13.7. The molecule has 3 aromatic rings. The van der Waals surface area contributed by atoms with Crippen LogP contribution in [0.3, 0.4) is 0 Å². The molecule has 2 N–H and O–H groups in total. The van der Waals surface area contributed by atoms with Gasteiger partial charge in [0.25, 0.3) is 5.91 Å². The second kappa shape index (κ2) is 8.19. The van der Waals surface area contributed by atoms with Crippen molar-refractivity contribution in [3.63, 3.8) is 0 Å². The zero-order valence-electron chi connectivity index (χ0n) is 18.2. The third-order valence-corrected chi connectivity index (χ3v) is 6.20. The summed E-state index contributed by atoms with van der Waals surface area (Å²) in [7, 11) is 0. The first-order valence-electron chi connectivity index (χ1n) is 11.0. The van der Waals surface area contributed by atoms with Crippen molar-refractivity contribution in [2.75, 3.05) is 28.6 Å². The lowest BCUT2D eigenvalue weighted by Crippen LogP contribution is -2.39. The topological polar surface area (TPSA) is 84.5 Å². The van der Waals surface area contributed by atoms with Crippen LogP contribution in [0.5, 0.6) is 0 Å². The number of nitrogen functional groups attached to an aromatic ring is 1. The number of hydrogen-bond donors (Lipinski definition) is 1. The van der Waals surface area contributed by atoms with Crippen molar-refractivity contribution in [2.45, 2.75) is 31.9 Å². The Morgan fingerprint density at radius 1 is 0.853 bits per heavy atom. The van der Waals surface area contributed by atoms with Crippen LogP contribution in [-0.2, 0) is 17.4 Å². The Morgan fingerprint density at radius 3 is 2.21 bits per heavy atom. The zero-order chi connectivity index (χ0) is 24.0. The van der Waals surface area contributed by atoms with Gasteiger partial charge in [-0.05, 0) is 61.7 Å².